The van der Waals surface area contributed by atoms with Gasteiger partial charge in [0.15, 0.2) is 0 Å². The fourth-order valence-electron chi connectivity index (χ4n) is 2.83. The highest BCUT2D eigenvalue weighted by molar-refractivity contribution is 7.13. The van der Waals surface area contributed by atoms with Gasteiger partial charge >= 0.3 is 5.97 Å². The molecule has 1 N–H and O–H groups in total. The molecule has 1 aliphatic heterocycles. The van der Waals surface area contributed by atoms with Gasteiger partial charge in [0.05, 0.1) is 0 Å². The molecular formula is C20H23Cl2NO3S. The number of thiophene rings is 1. The van der Waals surface area contributed by atoms with Crippen molar-refractivity contribution in [2.24, 2.45) is 0 Å². The number of rotatable bonds is 6. The van der Waals surface area contributed by atoms with Crippen molar-refractivity contribution in [3.8, 4) is 0 Å². The molecule has 3 rings (SSSR count). The SMILES string of the molecule is CCCc1ccc(C(=O)O)s1.O=C1CCCN1CCc1cc(Cl)cc(Cl)c1. The van der Waals surface area contributed by atoms with Gasteiger partial charge in [0.25, 0.3) is 0 Å². The van der Waals surface area contributed by atoms with Gasteiger partial charge in [-0.05, 0) is 55.2 Å². The number of carboxylic acids is 1. The van der Waals surface area contributed by atoms with Crippen LogP contribution in [0.25, 0.3) is 0 Å². The minimum atomic E-state index is -0.822. The van der Waals surface area contributed by atoms with E-state index in [9.17, 15) is 9.59 Å². The Kier molecular flexibility index (Phi) is 8.61. The Morgan fingerprint density at radius 2 is 1.89 bits per heavy atom. The molecule has 146 valence electrons. The largest absolute Gasteiger partial charge is 0.477 e. The first kappa shape index (κ1) is 21.7. The van der Waals surface area contributed by atoms with Crippen LogP contribution < -0.4 is 0 Å². The number of carbonyl (C=O) groups is 2. The van der Waals surface area contributed by atoms with E-state index in [2.05, 4.69) is 6.92 Å². The topological polar surface area (TPSA) is 57.6 Å². The van der Waals surface area contributed by atoms with Crippen LogP contribution in [0.2, 0.25) is 10.0 Å². The fraction of sp³-hybridized carbons (Fsp3) is 0.400. The minimum Gasteiger partial charge on any atom is -0.477 e. The number of aryl methyl sites for hydroxylation is 1. The molecule has 2 aromatic rings. The van der Waals surface area contributed by atoms with Crippen LogP contribution in [0.15, 0.2) is 30.3 Å². The second-order valence-corrected chi connectivity index (χ2v) is 8.37. The second-order valence-electron chi connectivity index (χ2n) is 6.33. The van der Waals surface area contributed by atoms with E-state index in [-0.39, 0.29) is 5.91 Å². The van der Waals surface area contributed by atoms with Gasteiger partial charge in [-0.2, -0.15) is 0 Å². The number of benzene rings is 1. The summed E-state index contributed by atoms with van der Waals surface area (Å²) < 4.78 is 0. The number of halogens is 2. The summed E-state index contributed by atoms with van der Waals surface area (Å²) in [7, 11) is 0. The maximum Gasteiger partial charge on any atom is 0.345 e. The van der Waals surface area contributed by atoms with Crippen molar-refractivity contribution in [2.45, 2.75) is 39.0 Å². The second kappa shape index (κ2) is 10.7. The molecule has 0 atom stereocenters. The van der Waals surface area contributed by atoms with Gasteiger partial charge in [0.2, 0.25) is 5.91 Å². The molecule has 7 heteroatoms. The Balaban J connectivity index is 0.000000208. The zero-order chi connectivity index (χ0) is 19.8. The third kappa shape index (κ3) is 7.17. The number of amides is 1. The summed E-state index contributed by atoms with van der Waals surface area (Å²) in [6, 6.07) is 9.06. The third-order valence-corrected chi connectivity index (χ3v) is 5.70. The summed E-state index contributed by atoms with van der Waals surface area (Å²) in [4.78, 5) is 25.3. The molecule has 1 aliphatic rings. The smallest absolute Gasteiger partial charge is 0.345 e. The van der Waals surface area contributed by atoms with Crippen LogP contribution in [0, 0.1) is 0 Å². The Hall–Kier alpha value is -1.56. The zero-order valence-corrected chi connectivity index (χ0v) is 17.5. The quantitative estimate of drug-likeness (QED) is 0.656. The average molecular weight is 428 g/mol. The third-order valence-electron chi connectivity index (χ3n) is 4.13. The normalized spacial score (nSPS) is 13.4. The molecule has 0 saturated carbocycles. The predicted octanol–water partition coefficient (Wildman–Crippen LogP) is 5.56. The Morgan fingerprint density at radius 1 is 1.19 bits per heavy atom. The van der Waals surface area contributed by atoms with E-state index < -0.39 is 5.97 Å². The van der Waals surface area contributed by atoms with Gasteiger partial charge in [-0.25, -0.2) is 4.79 Å². The van der Waals surface area contributed by atoms with Crippen LogP contribution in [0.4, 0.5) is 0 Å². The molecule has 0 aliphatic carbocycles. The van der Waals surface area contributed by atoms with Crippen LogP contribution in [-0.4, -0.2) is 35.0 Å². The Labute approximate surface area is 173 Å². The summed E-state index contributed by atoms with van der Waals surface area (Å²) in [5.41, 5.74) is 1.08. The van der Waals surface area contributed by atoms with Gasteiger partial charge in [-0.3, -0.25) is 4.79 Å². The molecule has 27 heavy (non-hydrogen) atoms. The highest BCUT2D eigenvalue weighted by Crippen LogP contribution is 2.20. The van der Waals surface area contributed by atoms with Crippen LogP contribution in [-0.2, 0) is 17.6 Å². The van der Waals surface area contributed by atoms with Crippen molar-refractivity contribution >= 4 is 46.4 Å². The molecular weight excluding hydrogens is 405 g/mol. The number of carboxylic acid groups (broad SMARTS) is 1. The molecule has 1 amide bonds. The molecule has 0 unspecified atom stereocenters. The molecule has 4 nitrogen and oxygen atoms in total. The number of likely N-dealkylation sites (tertiary alicyclic amines) is 1. The monoisotopic (exact) mass is 427 g/mol. The summed E-state index contributed by atoms with van der Waals surface area (Å²) in [6.07, 6.45) is 4.54. The van der Waals surface area contributed by atoms with Gasteiger partial charge < -0.3 is 10.0 Å². The molecule has 0 radical (unpaired) electrons. The lowest BCUT2D eigenvalue weighted by Gasteiger charge is -2.15. The van der Waals surface area contributed by atoms with E-state index in [1.165, 1.54) is 11.3 Å². The Bertz CT molecular complexity index is 771. The van der Waals surface area contributed by atoms with Gasteiger partial charge in [0, 0.05) is 34.4 Å². The van der Waals surface area contributed by atoms with Crippen LogP contribution in [0.3, 0.4) is 0 Å². The Morgan fingerprint density at radius 3 is 2.41 bits per heavy atom. The number of hydrogen-bond acceptors (Lipinski definition) is 3. The zero-order valence-electron chi connectivity index (χ0n) is 15.2. The van der Waals surface area contributed by atoms with Gasteiger partial charge in [-0.15, -0.1) is 11.3 Å². The van der Waals surface area contributed by atoms with E-state index in [0.717, 1.165) is 49.2 Å². The van der Waals surface area contributed by atoms with Gasteiger partial charge in [-0.1, -0.05) is 36.5 Å². The lowest BCUT2D eigenvalue weighted by molar-refractivity contribution is -0.127. The first-order chi connectivity index (χ1) is 12.9. The summed E-state index contributed by atoms with van der Waals surface area (Å²) in [6.45, 7) is 3.72. The van der Waals surface area contributed by atoms with Crippen molar-refractivity contribution in [3.05, 3.63) is 55.7 Å². The highest BCUT2D eigenvalue weighted by Gasteiger charge is 2.19. The molecule has 1 aromatic carbocycles. The lowest BCUT2D eigenvalue weighted by Crippen LogP contribution is -2.26. The minimum absolute atomic E-state index is 0.258. The van der Waals surface area contributed by atoms with Crippen molar-refractivity contribution in [1.82, 2.24) is 4.90 Å². The van der Waals surface area contributed by atoms with Crippen molar-refractivity contribution in [3.63, 3.8) is 0 Å². The predicted molar refractivity (Wildman–Crippen MR) is 111 cm³/mol. The van der Waals surface area contributed by atoms with Gasteiger partial charge in [0.1, 0.15) is 4.88 Å². The maximum atomic E-state index is 11.4. The van der Waals surface area contributed by atoms with E-state index in [1.54, 1.807) is 12.1 Å². The van der Waals surface area contributed by atoms with E-state index in [1.807, 2.05) is 23.1 Å². The lowest BCUT2D eigenvalue weighted by atomic mass is 10.1. The first-order valence-corrected chi connectivity index (χ1v) is 10.5. The van der Waals surface area contributed by atoms with E-state index >= 15 is 0 Å². The molecule has 0 bridgehead atoms. The van der Waals surface area contributed by atoms with E-state index in [4.69, 9.17) is 28.3 Å². The van der Waals surface area contributed by atoms with Crippen LogP contribution in [0.1, 0.15) is 46.3 Å². The fourth-order valence-corrected chi connectivity index (χ4v) is 4.35. The first-order valence-electron chi connectivity index (χ1n) is 8.93. The van der Waals surface area contributed by atoms with Crippen molar-refractivity contribution in [2.75, 3.05) is 13.1 Å². The number of carbonyl (C=O) groups excluding carboxylic acids is 1. The van der Waals surface area contributed by atoms with Crippen LogP contribution >= 0.6 is 34.5 Å². The number of hydrogen-bond donors (Lipinski definition) is 1. The van der Waals surface area contributed by atoms with E-state index in [0.29, 0.717) is 21.3 Å². The molecule has 2 heterocycles. The van der Waals surface area contributed by atoms with Crippen molar-refractivity contribution < 1.29 is 14.7 Å². The average Bonchev–Trinajstić information content (AvgIpc) is 3.22. The highest BCUT2D eigenvalue weighted by atomic mass is 35.5. The van der Waals surface area contributed by atoms with Crippen molar-refractivity contribution in [1.29, 1.82) is 0 Å². The summed E-state index contributed by atoms with van der Waals surface area (Å²) in [5.74, 6) is -0.564. The number of aromatic carboxylic acids is 1. The molecule has 1 saturated heterocycles. The van der Waals surface area contributed by atoms with Crippen LogP contribution in [0.5, 0.6) is 0 Å². The summed E-state index contributed by atoms with van der Waals surface area (Å²) >= 11 is 13.2. The molecule has 1 fully saturated rings. The maximum absolute atomic E-state index is 11.4. The standard InChI is InChI=1S/C12H13Cl2NO.C8H10O2S/c13-10-6-9(7-11(14)8-10)3-5-15-4-1-2-12(15)16;1-2-3-6-4-5-7(11-6)8(9)10/h6-8H,1-5H2;4-5H,2-3H2,1H3,(H,9,10). The molecule has 1 aromatic heterocycles. The number of nitrogens with zero attached hydrogens (tertiary/aromatic N) is 1. The molecule has 0 spiro atoms. The summed E-state index contributed by atoms with van der Waals surface area (Å²) in [5, 5.41) is 9.87.